The van der Waals surface area contributed by atoms with Crippen molar-refractivity contribution >= 4 is 0 Å². The molecule has 0 aliphatic rings. The molecule has 1 rings (SSSR count). The molecule has 0 fully saturated rings. The largest absolute Gasteiger partial charge is 0.323 e. The summed E-state index contributed by atoms with van der Waals surface area (Å²) < 4.78 is 0. The maximum absolute atomic E-state index is 5.62. The number of aryl methyl sites for hydroxylation is 1. The lowest BCUT2D eigenvalue weighted by Gasteiger charge is -2.03. The third-order valence-corrected chi connectivity index (χ3v) is 1.38. The van der Waals surface area contributed by atoms with Crippen molar-refractivity contribution in [1.82, 2.24) is 4.98 Å². The summed E-state index contributed by atoms with van der Waals surface area (Å²) in [7, 11) is 0. The lowest BCUT2D eigenvalue weighted by atomic mass is 10.2. The number of nitrogens with two attached hydrogens (primary N) is 1. The monoisotopic (exact) mass is 136 g/mol. The normalized spacial score (nSPS) is 13.1. The molecule has 1 aromatic rings. The van der Waals surface area contributed by atoms with E-state index in [9.17, 15) is 0 Å². The predicted octanol–water partition coefficient (Wildman–Crippen LogP) is 1.41. The van der Waals surface area contributed by atoms with Gasteiger partial charge in [0.1, 0.15) is 0 Å². The van der Waals surface area contributed by atoms with Gasteiger partial charge in [-0.1, -0.05) is 6.07 Å². The van der Waals surface area contributed by atoms with E-state index in [-0.39, 0.29) is 6.04 Å². The minimum absolute atomic E-state index is 0.0416. The summed E-state index contributed by atoms with van der Waals surface area (Å²) in [5.74, 6) is 0. The van der Waals surface area contributed by atoms with E-state index in [1.807, 2.05) is 32.0 Å². The zero-order chi connectivity index (χ0) is 7.56. The number of hydrogen-bond acceptors (Lipinski definition) is 2. The van der Waals surface area contributed by atoms with Crippen molar-refractivity contribution < 1.29 is 0 Å². The highest BCUT2D eigenvalue weighted by Gasteiger charge is 1.98. The standard InChI is InChI=1S/C8H12N2/c1-6-4-3-5-8(10-6)7(2)9/h3-5,7H,9H2,1-2H3/t7-/m1/s1. The second-order valence-electron chi connectivity index (χ2n) is 2.49. The van der Waals surface area contributed by atoms with Crippen molar-refractivity contribution in [1.29, 1.82) is 0 Å². The van der Waals surface area contributed by atoms with Crippen LogP contribution < -0.4 is 5.73 Å². The molecule has 2 N–H and O–H groups in total. The van der Waals surface area contributed by atoms with Crippen LogP contribution in [0, 0.1) is 6.92 Å². The lowest BCUT2D eigenvalue weighted by molar-refractivity contribution is 0.775. The van der Waals surface area contributed by atoms with Gasteiger partial charge < -0.3 is 5.73 Å². The first-order valence-corrected chi connectivity index (χ1v) is 3.39. The molecule has 0 aliphatic heterocycles. The smallest absolute Gasteiger partial charge is 0.0571 e. The highest BCUT2D eigenvalue weighted by Crippen LogP contribution is 2.05. The Hall–Kier alpha value is -0.890. The van der Waals surface area contributed by atoms with Crippen LogP contribution in [0.3, 0.4) is 0 Å². The molecule has 2 nitrogen and oxygen atoms in total. The average Bonchev–Trinajstić information content (AvgIpc) is 1.88. The number of aromatic nitrogens is 1. The third-order valence-electron chi connectivity index (χ3n) is 1.38. The Labute approximate surface area is 61.1 Å². The van der Waals surface area contributed by atoms with E-state index in [1.54, 1.807) is 0 Å². The van der Waals surface area contributed by atoms with Crippen molar-refractivity contribution in [2.24, 2.45) is 5.73 Å². The molecule has 54 valence electrons. The molecule has 0 aliphatic carbocycles. The van der Waals surface area contributed by atoms with Gasteiger partial charge in [0.25, 0.3) is 0 Å². The van der Waals surface area contributed by atoms with E-state index in [0.29, 0.717) is 0 Å². The van der Waals surface area contributed by atoms with Crippen LogP contribution in [0.5, 0.6) is 0 Å². The maximum atomic E-state index is 5.62. The fourth-order valence-corrected chi connectivity index (χ4v) is 0.818. The molecule has 0 spiro atoms. The molecule has 0 radical (unpaired) electrons. The first-order chi connectivity index (χ1) is 4.70. The van der Waals surface area contributed by atoms with Gasteiger partial charge in [-0.25, -0.2) is 0 Å². The van der Waals surface area contributed by atoms with Crippen molar-refractivity contribution in [2.45, 2.75) is 19.9 Å². The second-order valence-corrected chi connectivity index (χ2v) is 2.49. The van der Waals surface area contributed by atoms with Crippen LogP contribution in [0.25, 0.3) is 0 Å². The van der Waals surface area contributed by atoms with Crippen LogP contribution in [-0.4, -0.2) is 4.98 Å². The van der Waals surface area contributed by atoms with E-state index in [2.05, 4.69) is 4.98 Å². The van der Waals surface area contributed by atoms with Gasteiger partial charge in [-0.15, -0.1) is 0 Å². The first kappa shape index (κ1) is 7.22. The van der Waals surface area contributed by atoms with E-state index in [1.165, 1.54) is 0 Å². The summed E-state index contributed by atoms with van der Waals surface area (Å²) in [6.07, 6.45) is 0. The molecular formula is C8H12N2. The van der Waals surface area contributed by atoms with E-state index >= 15 is 0 Å². The number of hydrogen-bond donors (Lipinski definition) is 1. The van der Waals surface area contributed by atoms with Gasteiger partial charge in [-0.3, -0.25) is 4.98 Å². The highest BCUT2D eigenvalue weighted by atomic mass is 14.8. The molecule has 1 heterocycles. The zero-order valence-electron chi connectivity index (χ0n) is 6.33. The summed E-state index contributed by atoms with van der Waals surface area (Å²) in [5.41, 5.74) is 7.60. The van der Waals surface area contributed by atoms with Gasteiger partial charge in [0.15, 0.2) is 0 Å². The van der Waals surface area contributed by atoms with Crippen LogP contribution in [0.2, 0.25) is 0 Å². The predicted molar refractivity (Wildman–Crippen MR) is 41.6 cm³/mol. The van der Waals surface area contributed by atoms with Crippen molar-refractivity contribution in [2.75, 3.05) is 0 Å². The van der Waals surface area contributed by atoms with Gasteiger partial charge in [-0.2, -0.15) is 0 Å². The van der Waals surface area contributed by atoms with Crippen LogP contribution in [0.4, 0.5) is 0 Å². The fraction of sp³-hybridized carbons (Fsp3) is 0.375. The molecule has 1 atom stereocenters. The fourth-order valence-electron chi connectivity index (χ4n) is 0.818. The topological polar surface area (TPSA) is 38.9 Å². The molecular weight excluding hydrogens is 124 g/mol. The Balaban J connectivity index is 2.96. The summed E-state index contributed by atoms with van der Waals surface area (Å²) in [6.45, 7) is 3.90. The zero-order valence-corrected chi connectivity index (χ0v) is 6.33. The number of pyridine rings is 1. The number of rotatable bonds is 1. The van der Waals surface area contributed by atoms with Crippen molar-refractivity contribution in [3.8, 4) is 0 Å². The van der Waals surface area contributed by atoms with E-state index in [4.69, 9.17) is 5.73 Å². The van der Waals surface area contributed by atoms with Crippen molar-refractivity contribution in [3.63, 3.8) is 0 Å². The van der Waals surface area contributed by atoms with Gasteiger partial charge in [-0.05, 0) is 26.0 Å². The van der Waals surface area contributed by atoms with Crippen LogP contribution in [-0.2, 0) is 0 Å². The molecule has 0 saturated carbocycles. The van der Waals surface area contributed by atoms with E-state index in [0.717, 1.165) is 11.4 Å². The quantitative estimate of drug-likeness (QED) is 0.634. The summed E-state index contributed by atoms with van der Waals surface area (Å²) in [4.78, 5) is 4.25. The number of nitrogens with zero attached hydrogens (tertiary/aromatic N) is 1. The van der Waals surface area contributed by atoms with Crippen LogP contribution in [0.1, 0.15) is 24.4 Å². The highest BCUT2D eigenvalue weighted by molar-refractivity contribution is 5.12. The first-order valence-electron chi connectivity index (χ1n) is 3.39. The molecule has 0 bridgehead atoms. The minimum Gasteiger partial charge on any atom is -0.323 e. The Morgan fingerprint density at radius 2 is 2.20 bits per heavy atom. The average molecular weight is 136 g/mol. The van der Waals surface area contributed by atoms with Crippen LogP contribution >= 0.6 is 0 Å². The Morgan fingerprint density at radius 3 is 2.60 bits per heavy atom. The Bertz CT molecular complexity index is 218. The van der Waals surface area contributed by atoms with E-state index < -0.39 is 0 Å². The summed E-state index contributed by atoms with van der Waals surface area (Å²) >= 11 is 0. The molecule has 0 amide bonds. The second kappa shape index (κ2) is 2.80. The Kier molecular flexibility index (Phi) is 2.02. The van der Waals surface area contributed by atoms with Gasteiger partial charge >= 0.3 is 0 Å². The molecule has 0 unspecified atom stereocenters. The van der Waals surface area contributed by atoms with Crippen molar-refractivity contribution in [3.05, 3.63) is 29.6 Å². The summed E-state index contributed by atoms with van der Waals surface area (Å²) in [6, 6.07) is 5.92. The van der Waals surface area contributed by atoms with Gasteiger partial charge in [0.05, 0.1) is 5.69 Å². The summed E-state index contributed by atoms with van der Waals surface area (Å²) in [5, 5.41) is 0. The molecule has 1 aromatic heterocycles. The molecule has 10 heavy (non-hydrogen) atoms. The SMILES string of the molecule is Cc1cccc([C@@H](C)N)n1. The Morgan fingerprint density at radius 1 is 1.50 bits per heavy atom. The van der Waals surface area contributed by atoms with Crippen LogP contribution in [0.15, 0.2) is 18.2 Å². The molecule has 2 heteroatoms. The molecule has 0 aromatic carbocycles. The lowest BCUT2D eigenvalue weighted by Crippen LogP contribution is -2.07. The van der Waals surface area contributed by atoms with Gasteiger partial charge in [0, 0.05) is 11.7 Å². The maximum Gasteiger partial charge on any atom is 0.0571 e. The van der Waals surface area contributed by atoms with Gasteiger partial charge in [0.2, 0.25) is 0 Å². The molecule has 0 saturated heterocycles. The minimum atomic E-state index is 0.0416. The third kappa shape index (κ3) is 1.54.